The third-order valence-electron chi connectivity index (χ3n) is 6.51. The van der Waals surface area contributed by atoms with Crippen LogP contribution in [0.25, 0.3) is 0 Å². The molecule has 19 heteroatoms. The van der Waals surface area contributed by atoms with Gasteiger partial charge in [-0.25, -0.2) is 37.9 Å². The van der Waals surface area contributed by atoms with Gasteiger partial charge in [0.1, 0.15) is 28.8 Å². The molecule has 2 aromatic carbocycles. The first-order valence-electron chi connectivity index (χ1n) is 14.2. The Morgan fingerprint density at radius 1 is 1.10 bits per heavy atom. The first kappa shape index (κ1) is 36.9. The number of carbonyl (C=O) groups is 3. The van der Waals surface area contributed by atoms with E-state index in [4.69, 9.17) is 16.7 Å². The molecule has 0 radical (unpaired) electrons. The average molecular weight is 738 g/mol. The van der Waals surface area contributed by atoms with Crippen molar-refractivity contribution < 1.29 is 37.4 Å². The first-order valence-corrected chi connectivity index (χ1v) is 16.3. The molecule has 3 heterocycles. The number of thioether (sulfide) groups is 1. The number of ether oxygens (including phenoxy) is 1. The molecule has 258 valence electrons. The van der Waals surface area contributed by atoms with E-state index >= 15 is 0 Å². The highest BCUT2D eigenvalue weighted by Crippen LogP contribution is 2.33. The van der Waals surface area contributed by atoms with Crippen LogP contribution in [0.4, 0.5) is 29.3 Å². The van der Waals surface area contributed by atoms with E-state index < -0.39 is 35.4 Å². The largest absolute Gasteiger partial charge is 0.478 e. The van der Waals surface area contributed by atoms with Crippen molar-refractivity contribution in [3.05, 3.63) is 96.9 Å². The molecule has 0 saturated carbocycles. The third kappa shape index (κ3) is 10.0. The van der Waals surface area contributed by atoms with Crippen molar-refractivity contribution in [3.8, 4) is 0 Å². The Hall–Kier alpha value is -4.94. The molecule has 2 aromatic heterocycles. The number of hydrogen-bond donors (Lipinski definition) is 3. The molecule has 2 amide bonds. The number of fused-ring (bicyclic) bond motifs is 1. The van der Waals surface area contributed by atoms with Crippen molar-refractivity contribution in [2.24, 2.45) is 10.1 Å². The van der Waals surface area contributed by atoms with E-state index in [1.165, 1.54) is 38.4 Å². The maximum Gasteiger partial charge on any atom is 0.339 e. The molecule has 0 bridgehead atoms. The zero-order chi connectivity index (χ0) is 35.7. The minimum absolute atomic E-state index is 0.0605. The number of aromatic nitrogens is 3. The summed E-state index contributed by atoms with van der Waals surface area (Å²) in [6.45, 7) is 2.78. The average Bonchev–Trinajstić information content (AvgIpc) is 3.38. The van der Waals surface area contributed by atoms with Crippen LogP contribution in [0.15, 0.2) is 68.4 Å². The molecular weight excluding hydrogens is 711 g/mol. The van der Waals surface area contributed by atoms with Gasteiger partial charge >= 0.3 is 22.8 Å². The number of nitrogens with zero attached hydrogens (tertiary/aromatic N) is 5. The van der Waals surface area contributed by atoms with E-state index in [-0.39, 0.29) is 44.0 Å². The highest BCUT2D eigenvalue weighted by atomic mass is 35.5. The number of carboxylic acids is 1. The van der Waals surface area contributed by atoms with Gasteiger partial charge in [0.2, 0.25) is 4.80 Å². The second kappa shape index (κ2) is 16.9. The second-order valence-electron chi connectivity index (χ2n) is 9.94. The van der Waals surface area contributed by atoms with Gasteiger partial charge < -0.3 is 15.2 Å². The lowest BCUT2D eigenvalue weighted by atomic mass is 10.1. The van der Waals surface area contributed by atoms with E-state index in [2.05, 4.69) is 30.6 Å². The summed E-state index contributed by atoms with van der Waals surface area (Å²) in [5.41, 5.74) is 2.24. The van der Waals surface area contributed by atoms with Gasteiger partial charge in [-0.05, 0) is 67.5 Å². The van der Waals surface area contributed by atoms with E-state index in [0.29, 0.717) is 28.9 Å². The molecule has 1 aliphatic heterocycles. The molecule has 13 nitrogen and oxygen atoms in total. The standard InChI is InChI=1S/C15H15ClFN3O3S2.C15H12F2N4O3/c1-23-13(21)8-24-12-7-11(10(17)6-9(12)16)18-14-19-4-2-3-5-20(19)15(22)25-14;1-8(13-12(14(22)23)3-2-4-18-13)20-21-15(24)19-11-6-9(16)5-10(17)7-11/h6-7H,2-5,8H2,1H3;2-7H,1H3,(H,22,23)(H2,19,21,24)/b;20-8+. The molecule has 1 aliphatic rings. The predicted octanol–water partition coefficient (Wildman–Crippen LogP) is 5.40. The Labute approximate surface area is 289 Å². The van der Waals surface area contributed by atoms with Gasteiger partial charge in [0.15, 0.2) is 0 Å². The fourth-order valence-electron chi connectivity index (χ4n) is 4.27. The smallest absolute Gasteiger partial charge is 0.339 e. The number of urea groups is 1. The molecule has 0 unspecified atom stereocenters. The summed E-state index contributed by atoms with van der Waals surface area (Å²) in [6, 6.07) is 7.12. The van der Waals surface area contributed by atoms with Crippen LogP contribution in [0.2, 0.25) is 5.02 Å². The number of hydrogen-bond acceptors (Lipinski definition) is 10. The monoisotopic (exact) mass is 737 g/mol. The van der Waals surface area contributed by atoms with Gasteiger partial charge in [-0.2, -0.15) is 5.10 Å². The molecule has 0 spiro atoms. The van der Waals surface area contributed by atoms with E-state index in [1.54, 1.807) is 9.36 Å². The molecular formula is C30H27ClF3N7O6S2. The summed E-state index contributed by atoms with van der Waals surface area (Å²) < 4.78 is 48.3. The predicted molar refractivity (Wildman–Crippen MR) is 177 cm³/mol. The van der Waals surface area contributed by atoms with Crippen molar-refractivity contribution in [3.63, 3.8) is 0 Å². The molecule has 0 saturated heterocycles. The molecule has 4 aromatic rings. The second-order valence-corrected chi connectivity index (χ2v) is 12.3. The fraction of sp³-hybridized carbons (Fsp3) is 0.233. The number of esters is 1. The number of carboxylic acid groups (broad SMARTS) is 1. The van der Waals surface area contributed by atoms with Crippen LogP contribution >= 0.6 is 34.7 Å². The summed E-state index contributed by atoms with van der Waals surface area (Å²) in [6.07, 6.45) is 3.28. The maximum atomic E-state index is 14.3. The van der Waals surface area contributed by atoms with Crippen LogP contribution in [-0.2, 0) is 22.6 Å². The Balaban J connectivity index is 0.000000221. The topological polar surface area (TPSA) is 169 Å². The van der Waals surface area contributed by atoms with E-state index in [0.717, 1.165) is 54.1 Å². The van der Waals surface area contributed by atoms with Crippen LogP contribution in [0, 0.1) is 17.5 Å². The summed E-state index contributed by atoms with van der Waals surface area (Å²) in [4.78, 5) is 55.2. The Kier molecular flexibility index (Phi) is 12.8. The first-order chi connectivity index (χ1) is 23.4. The molecule has 0 fully saturated rings. The van der Waals surface area contributed by atoms with E-state index in [1.807, 2.05) is 0 Å². The van der Waals surface area contributed by atoms with Gasteiger partial charge in [-0.3, -0.25) is 19.3 Å². The van der Waals surface area contributed by atoms with Gasteiger partial charge in [-0.15, -0.1) is 11.8 Å². The van der Waals surface area contributed by atoms with Gasteiger partial charge in [0.25, 0.3) is 0 Å². The molecule has 5 rings (SSSR count). The lowest BCUT2D eigenvalue weighted by Crippen LogP contribution is -2.31. The number of hydrazone groups is 1. The van der Waals surface area contributed by atoms with Gasteiger partial charge in [0, 0.05) is 35.9 Å². The van der Waals surface area contributed by atoms with Crippen molar-refractivity contribution in [1.29, 1.82) is 0 Å². The number of rotatable bonds is 8. The normalized spacial score (nSPS) is 12.8. The number of nitrogens with one attached hydrogen (secondary N) is 2. The van der Waals surface area contributed by atoms with Crippen molar-refractivity contribution in [1.82, 2.24) is 19.8 Å². The SMILES string of the molecule is C/C(=N\NC(=O)Nc1cc(F)cc(F)c1)c1ncccc1C(=O)O.COC(=O)CSc1cc(N=c2sc(=O)n3n2CCCC3)c(F)cc1Cl. The zero-order valence-electron chi connectivity index (χ0n) is 25.7. The minimum Gasteiger partial charge on any atom is -0.478 e. The third-order valence-corrected chi connectivity index (χ3v) is 8.83. The number of methoxy groups -OCH3 is 1. The number of amides is 2. The molecule has 0 aliphatic carbocycles. The number of anilines is 1. The van der Waals surface area contributed by atoms with E-state index in [9.17, 15) is 32.3 Å². The molecule has 0 atom stereocenters. The van der Waals surface area contributed by atoms with Crippen molar-refractivity contribution in [2.75, 3.05) is 18.2 Å². The number of halogens is 4. The number of benzene rings is 2. The Bertz CT molecular complexity index is 2030. The highest BCUT2D eigenvalue weighted by molar-refractivity contribution is 8.00. The van der Waals surface area contributed by atoms with Crippen LogP contribution in [0.1, 0.15) is 35.8 Å². The summed E-state index contributed by atoms with van der Waals surface area (Å²) in [5, 5.41) is 15.2. The Morgan fingerprint density at radius 3 is 2.47 bits per heavy atom. The number of pyridine rings is 1. The van der Waals surface area contributed by atoms with Crippen LogP contribution in [-0.4, -0.2) is 56.0 Å². The summed E-state index contributed by atoms with van der Waals surface area (Å²) in [7, 11) is 1.30. The highest BCUT2D eigenvalue weighted by Gasteiger charge is 2.16. The van der Waals surface area contributed by atoms with Crippen molar-refractivity contribution in [2.45, 2.75) is 37.8 Å². The maximum absolute atomic E-state index is 14.3. The summed E-state index contributed by atoms with van der Waals surface area (Å²) >= 11 is 8.17. The lowest BCUT2D eigenvalue weighted by molar-refractivity contribution is -0.137. The van der Waals surface area contributed by atoms with Gasteiger partial charge in [0.05, 0.1) is 29.2 Å². The van der Waals surface area contributed by atoms with Crippen LogP contribution in [0.5, 0.6) is 0 Å². The summed E-state index contributed by atoms with van der Waals surface area (Å²) in [5.74, 6) is -3.80. The quantitative estimate of drug-likeness (QED) is 0.0935. The fourth-order valence-corrected chi connectivity index (χ4v) is 6.26. The molecule has 3 N–H and O–H groups in total. The number of carbonyl (C=O) groups excluding carboxylic acids is 2. The lowest BCUT2D eigenvalue weighted by Gasteiger charge is -2.15. The number of aromatic carboxylic acids is 1. The van der Waals surface area contributed by atoms with Crippen molar-refractivity contribution >= 4 is 69.8 Å². The minimum atomic E-state index is -1.19. The van der Waals surface area contributed by atoms with Crippen LogP contribution in [0.3, 0.4) is 0 Å². The zero-order valence-corrected chi connectivity index (χ0v) is 28.1. The van der Waals surface area contributed by atoms with Crippen LogP contribution < -0.4 is 20.4 Å². The van der Waals surface area contributed by atoms with Gasteiger partial charge in [-0.1, -0.05) is 11.6 Å². The molecule has 49 heavy (non-hydrogen) atoms. The Morgan fingerprint density at radius 2 is 1.80 bits per heavy atom.